The Morgan fingerprint density at radius 3 is 1.50 bits per heavy atom. The van der Waals surface area contributed by atoms with Crippen molar-refractivity contribution >= 4 is 17.9 Å². The number of rotatable bonds is 22. The molecule has 0 aliphatic carbocycles. The zero-order chi connectivity index (χ0) is 27.3. The first kappa shape index (κ1) is 33.4. The lowest BCUT2D eigenvalue weighted by Crippen LogP contribution is -2.38. The van der Waals surface area contributed by atoms with Crippen LogP contribution in [-0.2, 0) is 47.5 Å². The molecular formula is C25H40O11. The number of aliphatic hydroxyl groups is 1. The first-order chi connectivity index (χ1) is 17.1. The van der Waals surface area contributed by atoms with Gasteiger partial charge in [0.1, 0.15) is 25.9 Å². The quantitative estimate of drug-likeness (QED) is 0.0971. The van der Waals surface area contributed by atoms with Gasteiger partial charge in [0.2, 0.25) is 0 Å². The molecule has 0 aliphatic rings. The molecule has 206 valence electrons. The van der Waals surface area contributed by atoms with E-state index in [0.29, 0.717) is 6.42 Å². The van der Waals surface area contributed by atoms with E-state index >= 15 is 0 Å². The van der Waals surface area contributed by atoms with Gasteiger partial charge in [0.15, 0.2) is 0 Å². The third-order valence-electron chi connectivity index (χ3n) is 4.28. The molecule has 1 N–H and O–H groups in total. The lowest BCUT2D eigenvalue weighted by atomic mass is 10.1. The van der Waals surface area contributed by atoms with Crippen molar-refractivity contribution in [3.05, 3.63) is 36.5 Å². The van der Waals surface area contributed by atoms with Crippen molar-refractivity contribution in [2.45, 2.75) is 39.4 Å². The maximum atomic E-state index is 11.6. The highest BCUT2D eigenvalue weighted by Gasteiger charge is 2.24. The minimum atomic E-state index is -0.625. The van der Waals surface area contributed by atoms with Crippen molar-refractivity contribution in [1.82, 2.24) is 0 Å². The van der Waals surface area contributed by atoms with Crippen LogP contribution in [0.1, 0.15) is 27.2 Å². The van der Waals surface area contributed by atoms with Gasteiger partial charge in [-0.1, -0.05) is 19.7 Å². The van der Waals surface area contributed by atoms with E-state index in [1.807, 2.05) is 0 Å². The Kier molecular flexibility index (Phi) is 19.1. The van der Waals surface area contributed by atoms with Crippen LogP contribution in [0, 0.1) is 0 Å². The molecule has 2 atom stereocenters. The van der Waals surface area contributed by atoms with Crippen LogP contribution in [0.25, 0.3) is 0 Å². The average molecular weight is 517 g/mol. The van der Waals surface area contributed by atoms with Crippen LogP contribution < -0.4 is 0 Å². The van der Waals surface area contributed by atoms with Crippen molar-refractivity contribution in [1.29, 1.82) is 0 Å². The van der Waals surface area contributed by atoms with E-state index in [2.05, 4.69) is 19.7 Å². The molecule has 0 saturated heterocycles. The van der Waals surface area contributed by atoms with Crippen LogP contribution in [0.2, 0.25) is 0 Å². The van der Waals surface area contributed by atoms with Crippen LogP contribution in [0.3, 0.4) is 0 Å². The lowest BCUT2D eigenvalue weighted by molar-refractivity contribution is -0.152. The van der Waals surface area contributed by atoms with E-state index in [0.717, 1.165) is 0 Å². The molecule has 0 aliphatic heterocycles. The largest absolute Gasteiger partial charge is 0.460 e. The highest BCUT2D eigenvalue weighted by Crippen LogP contribution is 2.12. The fourth-order valence-corrected chi connectivity index (χ4v) is 2.44. The summed E-state index contributed by atoms with van der Waals surface area (Å²) in [4.78, 5) is 34.7. The fraction of sp³-hybridized carbons (Fsp3) is 0.640. The molecule has 0 radical (unpaired) electrons. The van der Waals surface area contributed by atoms with Gasteiger partial charge in [-0.2, -0.15) is 0 Å². The van der Waals surface area contributed by atoms with E-state index in [4.69, 9.17) is 38.3 Å². The standard InChI is InChI=1S/C25H40O11/c1-18(2)23(27)34-12-11-31-17-22(33-14-16-36-25(29)20(5)6)21(7-9-30-10-8-26)32-13-15-35-24(28)19(3)4/h21-22,26H,1,3,5,7-17H2,2,4,6H3. The fourth-order valence-electron chi connectivity index (χ4n) is 2.44. The molecule has 0 spiro atoms. The summed E-state index contributed by atoms with van der Waals surface area (Å²) in [6, 6.07) is 0. The summed E-state index contributed by atoms with van der Waals surface area (Å²) in [6.45, 7) is 15.8. The smallest absolute Gasteiger partial charge is 0.333 e. The van der Waals surface area contributed by atoms with E-state index < -0.39 is 30.1 Å². The van der Waals surface area contributed by atoms with Gasteiger partial charge >= 0.3 is 17.9 Å². The number of aliphatic hydroxyl groups excluding tert-OH is 1. The Morgan fingerprint density at radius 1 is 0.611 bits per heavy atom. The summed E-state index contributed by atoms with van der Waals surface area (Å²) in [6.07, 6.45) is -0.805. The molecule has 0 fully saturated rings. The summed E-state index contributed by atoms with van der Waals surface area (Å²) >= 11 is 0. The minimum absolute atomic E-state index is 0.000345. The van der Waals surface area contributed by atoms with Crippen molar-refractivity contribution < 1.29 is 52.6 Å². The maximum absolute atomic E-state index is 11.6. The van der Waals surface area contributed by atoms with Gasteiger partial charge in [0.25, 0.3) is 0 Å². The summed E-state index contributed by atoms with van der Waals surface area (Å²) in [7, 11) is 0. The highest BCUT2D eigenvalue weighted by atomic mass is 16.6. The van der Waals surface area contributed by atoms with Gasteiger partial charge in [-0.05, 0) is 27.2 Å². The minimum Gasteiger partial charge on any atom is -0.460 e. The number of hydrogen-bond acceptors (Lipinski definition) is 11. The molecule has 0 saturated carbocycles. The third kappa shape index (κ3) is 17.0. The SMILES string of the molecule is C=C(C)C(=O)OCCOCC(OCCOC(=O)C(=C)C)C(CCOCCO)OCCOC(=O)C(=C)C. The first-order valence-electron chi connectivity index (χ1n) is 11.6. The Morgan fingerprint density at radius 2 is 1.06 bits per heavy atom. The van der Waals surface area contributed by atoms with Gasteiger partial charge in [-0.15, -0.1) is 0 Å². The van der Waals surface area contributed by atoms with E-state index in [-0.39, 0.29) is 82.8 Å². The van der Waals surface area contributed by atoms with Gasteiger partial charge in [0.05, 0.1) is 45.7 Å². The Bertz CT molecular complexity index is 717. The van der Waals surface area contributed by atoms with Crippen molar-refractivity contribution in [3.8, 4) is 0 Å². The number of hydrogen-bond donors (Lipinski definition) is 1. The number of esters is 3. The molecular weight excluding hydrogens is 476 g/mol. The topological polar surface area (TPSA) is 136 Å². The van der Waals surface area contributed by atoms with Crippen LogP contribution in [-0.4, -0.2) is 101 Å². The lowest BCUT2D eigenvalue weighted by Gasteiger charge is -2.27. The zero-order valence-corrected chi connectivity index (χ0v) is 21.6. The molecule has 0 rings (SSSR count). The summed E-state index contributed by atoms with van der Waals surface area (Å²) in [5, 5.41) is 8.93. The molecule has 0 amide bonds. The predicted molar refractivity (Wildman–Crippen MR) is 130 cm³/mol. The second kappa shape index (κ2) is 20.6. The predicted octanol–water partition coefficient (Wildman–Crippen LogP) is 1.53. The van der Waals surface area contributed by atoms with E-state index in [1.54, 1.807) is 13.8 Å². The average Bonchev–Trinajstić information content (AvgIpc) is 2.83. The molecule has 11 nitrogen and oxygen atoms in total. The summed E-state index contributed by atoms with van der Waals surface area (Å²) < 4.78 is 37.8. The van der Waals surface area contributed by atoms with Crippen molar-refractivity contribution in [2.24, 2.45) is 0 Å². The summed E-state index contributed by atoms with van der Waals surface area (Å²) in [5.74, 6) is -1.58. The van der Waals surface area contributed by atoms with E-state index in [1.165, 1.54) is 6.92 Å². The Hall–Kier alpha value is -2.57. The highest BCUT2D eigenvalue weighted by molar-refractivity contribution is 5.87. The molecule has 36 heavy (non-hydrogen) atoms. The maximum Gasteiger partial charge on any atom is 0.333 e. The second-order valence-electron chi connectivity index (χ2n) is 7.77. The third-order valence-corrected chi connectivity index (χ3v) is 4.28. The number of carbonyl (C=O) groups excluding carboxylic acids is 3. The van der Waals surface area contributed by atoms with Crippen LogP contribution in [0.15, 0.2) is 36.5 Å². The number of carbonyl (C=O) groups is 3. The molecule has 11 heteroatoms. The molecule has 0 heterocycles. The Labute approximate surface area is 213 Å². The van der Waals surface area contributed by atoms with Crippen LogP contribution in [0.5, 0.6) is 0 Å². The normalized spacial score (nSPS) is 12.3. The molecule has 0 aromatic carbocycles. The molecule has 0 bridgehead atoms. The van der Waals surface area contributed by atoms with Crippen molar-refractivity contribution in [2.75, 3.05) is 66.1 Å². The van der Waals surface area contributed by atoms with Gasteiger partial charge in [-0.25, -0.2) is 14.4 Å². The monoisotopic (exact) mass is 516 g/mol. The second-order valence-corrected chi connectivity index (χ2v) is 7.77. The van der Waals surface area contributed by atoms with Crippen molar-refractivity contribution in [3.63, 3.8) is 0 Å². The summed E-state index contributed by atoms with van der Waals surface area (Å²) in [5.41, 5.74) is 0.824. The molecule has 2 unspecified atom stereocenters. The number of ether oxygens (including phenoxy) is 7. The zero-order valence-electron chi connectivity index (χ0n) is 21.6. The Balaban J connectivity index is 5.02. The van der Waals surface area contributed by atoms with Gasteiger partial charge in [0, 0.05) is 23.3 Å². The van der Waals surface area contributed by atoms with E-state index in [9.17, 15) is 14.4 Å². The first-order valence-corrected chi connectivity index (χ1v) is 11.6. The van der Waals surface area contributed by atoms with Gasteiger partial charge in [-0.3, -0.25) is 0 Å². The van der Waals surface area contributed by atoms with Gasteiger partial charge < -0.3 is 38.3 Å². The van der Waals surface area contributed by atoms with Crippen LogP contribution >= 0.6 is 0 Å². The molecule has 0 aromatic rings. The van der Waals surface area contributed by atoms with Crippen LogP contribution in [0.4, 0.5) is 0 Å². The molecule has 0 aromatic heterocycles.